The number of nitrogens with one attached hydrogen (secondary N) is 1. The van der Waals surface area contributed by atoms with Gasteiger partial charge in [0.15, 0.2) is 0 Å². The van der Waals surface area contributed by atoms with Crippen molar-refractivity contribution in [2.75, 3.05) is 0 Å². The lowest BCUT2D eigenvalue weighted by Gasteiger charge is -2.25. The predicted molar refractivity (Wildman–Crippen MR) is 86.7 cm³/mol. The molecule has 4 heteroatoms. The molecular weight excluding hydrogens is 288 g/mol. The summed E-state index contributed by atoms with van der Waals surface area (Å²) in [6.45, 7) is 1.90. The van der Waals surface area contributed by atoms with E-state index in [-0.39, 0.29) is 18.0 Å². The van der Waals surface area contributed by atoms with Crippen LogP contribution in [0.15, 0.2) is 54.6 Å². The van der Waals surface area contributed by atoms with Gasteiger partial charge < -0.3 is 5.32 Å². The highest BCUT2D eigenvalue weighted by molar-refractivity contribution is 6.08. The number of nitrogens with zero attached hydrogens (tertiary/aromatic N) is 1. The number of rotatable bonds is 2. The van der Waals surface area contributed by atoms with Gasteiger partial charge in [-0.1, -0.05) is 54.6 Å². The van der Waals surface area contributed by atoms with Gasteiger partial charge in [-0.05, 0) is 36.5 Å². The zero-order chi connectivity index (χ0) is 16.0. The SMILES string of the molecule is C[C@@H](c1ccccc1)N1C(=O)NC2(CCc3ccccc32)C1=O. The molecule has 1 N–H and O–H groups in total. The lowest BCUT2D eigenvalue weighted by Crippen LogP contribution is -2.42. The molecule has 116 valence electrons. The number of imide groups is 1. The van der Waals surface area contributed by atoms with Crippen LogP contribution in [-0.4, -0.2) is 16.8 Å². The quantitative estimate of drug-likeness (QED) is 0.867. The van der Waals surface area contributed by atoms with E-state index in [4.69, 9.17) is 0 Å². The van der Waals surface area contributed by atoms with Crippen molar-refractivity contribution < 1.29 is 9.59 Å². The molecule has 4 rings (SSSR count). The molecule has 0 aromatic heterocycles. The van der Waals surface area contributed by atoms with Crippen LogP contribution in [0, 0.1) is 0 Å². The summed E-state index contributed by atoms with van der Waals surface area (Å²) in [5.41, 5.74) is 2.17. The predicted octanol–water partition coefficient (Wildman–Crippen LogP) is 3.14. The zero-order valence-electron chi connectivity index (χ0n) is 13.0. The van der Waals surface area contributed by atoms with Gasteiger partial charge in [0.05, 0.1) is 6.04 Å². The summed E-state index contributed by atoms with van der Waals surface area (Å²) in [7, 11) is 0. The van der Waals surface area contributed by atoms with Crippen LogP contribution in [0.2, 0.25) is 0 Å². The highest BCUT2D eigenvalue weighted by atomic mass is 16.2. The van der Waals surface area contributed by atoms with E-state index in [1.165, 1.54) is 4.90 Å². The molecule has 1 heterocycles. The van der Waals surface area contributed by atoms with E-state index in [1.807, 2.05) is 61.5 Å². The summed E-state index contributed by atoms with van der Waals surface area (Å²) >= 11 is 0. The average molecular weight is 306 g/mol. The smallest absolute Gasteiger partial charge is 0.319 e. The van der Waals surface area contributed by atoms with Gasteiger partial charge in [0.1, 0.15) is 5.54 Å². The average Bonchev–Trinajstić information content (AvgIpc) is 3.07. The highest BCUT2D eigenvalue weighted by Crippen LogP contribution is 2.43. The number of amides is 3. The van der Waals surface area contributed by atoms with E-state index in [9.17, 15) is 9.59 Å². The maximum Gasteiger partial charge on any atom is 0.325 e. The number of fused-ring (bicyclic) bond motifs is 2. The fourth-order valence-corrected chi connectivity index (χ4v) is 3.79. The van der Waals surface area contributed by atoms with E-state index in [1.54, 1.807) is 0 Å². The lowest BCUT2D eigenvalue weighted by molar-refractivity contribution is -0.133. The van der Waals surface area contributed by atoms with Crippen molar-refractivity contribution in [3.8, 4) is 0 Å². The summed E-state index contributed by atoms with van der Waals surface area (Å²) in [4.78, 5) is 27.1. The number of urea groups is 1. The van der Waals surface area contributed by atoms with Gasteiger partial charge in [0.2, 0.25) is 0 Å². The van der Waals surface area contributed by atoms with Crippen LogP contribution < -0.4 is 5.32 Å². The first-order valence-electron chi connectivity index (χ1n) is 7.92. The van der Waals surface area contributed by atoms with Gasteiger partial charge in [-0.2, -0.15) is 0 Å². The van der Waals surface area contributed by atoms with Crippen molar-refractivity contribution in [1.82, 2.24) is 10.2 Å². The third-order valence-corrected chi connectivity index (χ3v) is 5.04. The summed E-state index contributed by atoms with van der Waals surface area (Å²) in [5, 5.41) is 2.97. The highest BCUT2D eigenvalue weighted by Gasteiger charge is 2.56. The van der Waals surface area contributed by atoms with Gasteiger partial charge >= 0.3 is 6.03 Å². The Kier molecular flexibility index (Phi) is 3.01. The summed E-state index contributed by atoms with van der Waals surface area (Å²) in [6, 6.07) is 17.0. The second-order valence-corrected chi connectivity index (χ2v) is 6.25. The lowest BCUT2D eigenvalue weighted by atomic mass is 9.91. The molecule has 3 amide bonds. The van der Waals surface area contributed by atoms with E-state index in [0.717, 1.165) is 23.1 Å². The molecule has 0 bridgehead atoms. The molecule has 0 radical (unpaired) electrons. The van der Waals surface area contributed by atoms with Gasteiger partial charge in [0.25, 0.3) is 5.91 Å². The molecule has 1 aliphatic heterocycles. The number of carbonyl (C=O) groups is 2. The Morgan fingerprint density at radius 1 is 1.04 bits per heavy atom. The fraction of sp³-hybridized carbons (Fsp3) is 0.263. The number of benzene rings is 2. The normalized spacial score (nSPS) is 24.0. The minimum atomic E-state index is -0.878. The molecule has 23 heavy (non-hydrogen) atoms. The minimum Gasteiger partial charge on any atom is -0.319 e. The van der Waals surface area contributed by atoms with E-state index >= 15 is 0 Å². The third-order valence-electron chi connectivity index (χ3n) is 5.04. The van der Waals surface area contributed by atoms with Gasteiger partial charge in [-0.3, -0.25) is 9.69 Å². The molecule has 1 aliphatic carbocycles. The molecule has 2 atom stereocenters. The molecule has 4 nitrogen and oxygen atoms in total. The largest absolute Gasteiger partial charge is 0.325 e. The third kappa shape index (κ3) is 1.91. The van der Waals surface area contributed by atoms with Crippen molar-refractivity contribution in [1.29, 1.82) is 0 Å². The van der Waals surface area contributed by atoms with Crippen LogP contribution in [0.5, 0.6) is 0 Å². The van der Waals surface area contributed by atoms with Gasteiger partial charge in [0, 0.05) is 0 Å². The Morgan fingerprint density at radius 3 is 2.52 bits per heavy atom. The number of carbonyl (C=O) groups excluding carboxylic acids is 2. The van der Waals surface area contributed by atoms with Crippen LogP contribution in [0.25, 0.3) is 0 Å². The standard InChI is InChI=1S/C19H18N2O2/c1-13(14-7-3-2-4-8-14)21-17(22)19(20-18(21)23)12-11-15-9-5-6-10-16(15)19/h2-10,13H,11-12H2,1H3,(H,20,23)/t13-,19?/m0/s1. The van der Waals surface area contributed by atoms with E-state index in [0.29, 0.717) is 6.42 Å². The second-order valence-electron chi connectivity index (χ2n) is 6.25. The van der Waals surface area contributed by atoms with E-state index in [2.05, 4.69) is 5.32 Å². The summed E-state index contributed by atoms with van der Waals surface area (Å²) < 4.78 is 0. The Hall–Kier alpha value is -2.62. The Balaban J connectivity index is 1.74. The van der Waals surface area contributed by atoms with Crippen molar-refractivity contribution in [3.05, 3.63) is 71.3 Å². The first-order valence-corrected chi connectivity index (χ1v) is 7.92. The monoisotopic (exact) mass is 306 g/mol. The molecule has 1 unspecified atom stereocenters. The minimum absolute atomic E-state index is 0.135. The van der Waals surface area contributed by atoms with Crippen molar-refractivity contribution >= 4 is 11.9 Å². The van der Waals surface area contributed by atoms with E-state index < -0.39 is 5.54 Å². The summed E-state index contributed by atoms with van der Waals surface area (Å²) in [5.74, 6) is -0.135. The molecule has 2 aromatic rings. The Morgan fingerprint density at radius 2 is 1.74 bits per heavy atom. The van der Waals surface area contributed by atoms with Crippen LogP contribution in [-0.2, 0) is 16.8 Å². The molecule has 1 saturated heterocycles. The van der Waals surface area contributed by atoms with Crippen molar-refractivity contribution in [2.45, 2.75) is 31.3 Å². The maximum atomic E-state index is 13.2. The molecule has 2 aromatic carbocycles. The zero-order valence-corrected chi connectivity index (χ0v) is 13.0. The molecule has 0 saturated carbocycles. The van der Waals surface area contributed by atoms with Crippen LogP contribution in [0.3, 0.4) is 0 Å². The number of hydrogen-bond acceptors (Lipinski definition) is 2. The van der Waals surface area contributed by atoms with Crippen LogP contribution in [0.1, 0.15) is 36.1 Å². The summed E-state index contributed by atoms with van der Waals surface area (Å²) in [6.07, 6.45) is 1.45. The molecule has 1 spiro atoms. The maximum absolute atomic E-state index is 13.2. The number of hydrogen-bond donors (Lipinski definition) is 1. The Bertz CT molecular complexity index is 787. The van der Waals surface area contributed by atoms with Crippen LogP contribution >= 0.6 is 0 Å². The Labute approximate surface area is 135 Å². The van der Waals surface area contributed by atoms with Crippen LogP contribution in [0.4, 0.5) is 4.79 Å². The topological polar surface area (TPSA) is 49.4 Å². The van der Waals surface area contributed by atoms with Gasteiger partial charge in [-0.25, -0.2) is 4.79 Å². The molecular formula is C19H18N2O2. The molecule has 2 aliphatic rings. The van der Waals surface area contributed by atoms with Crippen molar-refractivity contribution in [2.24, 2.45) is 0 Å². The second kappa shape index (κ2) is 4.95. The van der Waals surface area contributed by atoms with Gasteiger partial charge in [-0.15, -0.1) is 0 Å². The first kappa shape index (κ1) is 14.0. The van der Waals surface area contributed by atoms with Crippen molar-refractivity contribution in [3.63, 3.8) is 0 Å². The number of aryl methyl sites for hydroxylation is 1. The molecule has 1 fully saturated rings. The fourth-order valence-electron chi connectivity index (χ4n) is 3.79. The first-order chi connectivity index (χ1) is 11.1.